The smallest absolute Gasteiger partial charge is 0.274 e. The Hall–Kier alpha value is -3.43. The summed E-state index contributed by atoms with van der Waals surface area (Å²) in [6.45, 7) is 1.36. The molecule has 1 N–H and O–H groups in total. The van der Waals surface area contributed by atoms with E-state index in [0.717, 1.165) is 0 Å². The van der Waals surface area contributed by atoms with E-state index >= 15 is 0 Å². The molecule has 0 saturated carbocycles. The van der Waals surface area contributed by atoms with Crippen LogP contribution in [0.4, 0.5) is 25.8 Å². The molecule has 0 heterocycles. The number of benzene rings is 2. The molecule has 124 valence electrons. The van der Waals surface area contributed by atoms with Crippen molar-refractivity contribution in [1.29, 1.82) is 0 Å². The summed E-state index contributed by atoms with van der Waals surface area (Å²) in [4.78, 5) is 32.0. The standard InChI is InChI=1S/C14H9F2N3O5/c1-7-11(3-2-4-12(7)19(23)24)17-14(20)9-5-8(18(21)22)6-10(15)13(9)16/h2-6H,1H3,(H,17,20). The fourth-order valence-electron chi connectivity index (χ4n) is 1.99. The molecule has 0 aliphatic carbocycles. The van der Waals surface area contributed by atoms with Crippen molar-refractivity contribution < 1.29 is 23.4 Å². The Balaban J connectivity index is 2.43. The van der Waals surface area contributed by atoms with E-state index in [2.05, 4.69) is 5.32 Å². The minimum atomic E-state index is -1.55. The van der Waals surface area contributed by atoms with Crippen LogP contribution in [0.15, 0.2) is 30.3 Å². The zero-order valence-electron chi connectivity index (χ0n) is 12.1. The van der Waals surface area contributed by atoms with Gasteiger partial charge in [-0.05, 0) is 13.0 Å². The Morgan fingerprint density at radius 1 is 1.12 bits per heavy atom. The lowest BCUT2D eigenvalue weighted by molar-refractivity contribution is -0.385. The van der Waals surface area contributed by atoms with Crippen LogP contribution in [0.5, 0.6) is 0 Å². The van der Waals surface area contributed by atoms with Crippen LogP contribution in [0, 0.1) is 38.8 Å². The summed E-state index contributed by atoms with van der Waals surface area (Å²) >= 11 is 0. The predicted octanol–water partition coefficient (Wildman–Crippen LogP) is 3.34. The van der Waals surface area contributed by atoms with Crippen molar-refractivity contribution in [2.75, 3.05) is 5.32 Å². The maximum absolute atomic E-state index is 13.7. The highest BCUT2D eigenvalue weighted by molar-refractivity contribution is 6.05. The number of amides is 1. The van der Waals surface area contributed by atoms with Gasteiger partial charge in [0, 0.05) is 12.1 Å². The van der Waals surface area contributed by atoms with Gasteiger partial charge in [-0.15, -0.1) is 0 Å². The molecule has 0 aliphatic heterocycles. The number of anilines is 1. The van der Waals surface area contributed by atoms with E-state index in [0.29, 0.717) is 12.1 Å². The summed E-state index contributed by atoms with van der Waals surface area (Å²) in [5.41, 5.74) is -1.86. The number of hydrogen-bond acceptors (Lipinski definition) is 5. The van der Waals surface area contributed by atoms with Crippen LogP contribution >= 0.6 is 0 Å². The largest absolute Gasteiger partial charge is 0.321 e. The van der Waals surface area contributed by atoms with E-state index in [1.54, 1.807) is 0 Å². The maximum atomic E-state index is 13.7. The van der Waals surface area contributed by atoms with Crippen LogP contribution in [0.25, 0.3) is 0 Å². The number of carbonyl (C=O) groups is 1. The molecule has 10 heteroatoms. The zero-order chi connectivity index (χ0) is 18.0. The predicted molar refractivity (Wildman–Crippen MR) is 78.8 cm³/mol. The van der Waals surface area contributed by atoms with E-state index < -0.39 is 38.6 Å². The first-order valence-electron chi connectivity index (χ1n) is 6.41. The first kappa shape index (κ1) is 16.9. The van der Waals surface area contributed by atoms with E-state index in [1.165, 1.54) is 25.1 Å². The van der Waals surface area contributed by atoms with Gasteiger partial charge in [-0.2, -0.15) is 0 Å². The fraction of sp³-hybridized carbons (Fsp3) is 0.0714. The van der Waals surface area contributed by atoms with Crippen LogP contribution < -0.4 is 5.32 Å². The second-order valence-electron chi connectivity index (χ2n) is 4.71. The van der Waals surface area contributed by atoms with Gasteiger partial charge < -0.3 is 5.32 Å². The Bertz CT molecular complexity index is 870. The van der Waals surface area contributed by atoms with Gasteiger partial charge in [0.15, 0.2) is 11.6 Å². The lowest BCUT2D eigenvalue weighted by atomic mass is 10.1. The van der Waals surface area contributed by atoms with E-state index in [1.807, 2.05) is 0 Å². The summed E-state index contributed by atoms with van der Waals surface area (Å²) in [5.74, 6) is -4.27. The third-order valence-electron chi connectivity index (χ3n) is 3.22. The van der Waals surface area contributed by atoms with Gasteiger partial charge in [0.05, 0.1) is 32.7 Å². The molecule has 8 nitrogen and oxygen atoms in total. The van der Waals surface area contributed by atoms with Crippen LogP contribution in [-0.4, -0.2) is 15.8 Å². The summed E-state index contributed by atoms with van der Waals surface area (Å²) in [6.07, 6.45) is 0. The van der Waals surface area contributed by atoms with Crippen molar-refractivity contribution in [2.24, 2.45) is 0 Å². The number of nitrogens with one attached hydrogen (secondary N) is 1. The van der Waals surface area contributed by atoms with Gasteiger partial charge in [0.25, 0.3) is 17.3 Å². The second kappa shape index (κ2) is 6.36. The second-order valence-corrected chi connectivity index (χ2v) is 4.71. The van der Waals surface area contributed by atoms with E-state index in [-0.39, 0.29) is 16.9 Å². The highest BCUT2D eigenvalue weighted by atomic mass is 19.2. The summed E-state index contributed by atoms with van der Waals surface area (Å²) < 4.78 is 27.1. The number of nitro groups is 2. The van der Waals surface area contributed by atoms with Crippen LogP contribution in [0.3, 0.4) is 0 Å². The van der Waals surface area contributed by atoms with Crippen LogP contribution in [0.2, 0.25) is 0 Å². The molecule has 0 bridgehead atoms. The van der Waals surface area contributed by atoms with Gasteiger partial charge in [0.2, 0.25) is 0 Å². The Kier molecular flexibility index (Phi) is 4.49. The Morgan fingerprint density at radius 2 is 1.79 bits per heavy atom. The van der Waals surface area contributed by atoms with Gasteiger partial charge in [-0.25, -0.2) is 8.78 Å². The summed E-state index contributed by atoms with van der Waals surface area (Å²) in [6, 6.07) is 4.76. The molecule has 0 unspecified atom stereocenters. The summed E-state index contributed by atoms with van der Waals surface area (Å²) in [7, 11) is 0. The molecule has 1 amide bonds. The first-order chi connectivity index (χ1) is 11.2. The molecule has 0 aromatic heterocycles. The van der Waals surface area contributed by atoms with Gasteiger partial charge in [-0.1, -0.05) is 6.07 Å². The molecule has 2 aromatic rings. The number of nitro benzene ring substituents is 2. The third kappa shape index (κ3) is 3.16. The molecule has 24 heavy (non-hydrogen) atoms. The minimum absolute atomic E-state index is 0.000476. The molecule has 0 saturated heterocycles. The van der Waals surface area contributed by atoms with Crippen LogP contribution in [-0.2, 0) is 0 Å². The number of non-ortho nitro benzene ring substituents is 1. The molecule has 2 rings (SSSR count). The normalized spacial score (nSPS) is 10.3. The molecule has 0 aliphatic rings. The molecule has 0 spiro atoms. The maximum Gasteiger partial charge on any atom is 0.274 e. The molecule has 2 aromatic carbocycles. The third-order valence-corrected chi connectivity index (χ3v) is 3.22. The Morgan fingerprint density at radius 3 is 2.38 bits per heavy atom. The van der Waals surface area contributed by atoms with Crippen molar-refractivity contribution >= 4 is 23.0 Å². The van der Waals surface area contributed by atoms with Gasteiger partial charge in [0.1, 0.15) is 0 Å². The van der Waals surface area contributed by atoms with Crippen LogP contribution in [0.1, 0.15) is 15.9 Å². The molecular weight excluding hydrogens is 328 g/mol. The quantitative estimate of drug-likeness (QED) is 0.678. The van der Waals surface area contributed by atoms with E-state index in [9.17, 15) is 33.8 Å². The highest BCUT2D eigenvalue weighted by Gasteiger charge is 2.23. The number of halogens is 2. The molecule has 0 radical (unpaired) electrons. The van der Waals surface area contributed by atoms with Crippen molar-refractivity contribution in [3.8, 4) is 0 Å². The number of hydrogen-bond donors (Lipinski definition) is 1. The summed E-state index contributed by atoms with van der Waals surface area (Å²) in [5, 5.41) is 23.7. The molecule has 0 fully saturated rings. The lowest BCUT2D eigenvalue weighted by Crippen LogP contribution is -2.16. The lowest BCUT2D eigenvalue weighted by Gasteiger charge is -2.09. The molecular formula is C14H9F2N3O5. The number of carbonyl (C=O) groups excluding carboxylic acids is 1. The average molecular weight is 337 g/mol. The van der Waals surface area contributed by atoms with Crippen molar-refractivity contribution in [2.45, 2.75) is 6.92 Å². The zero-order valence-corrected chi connectivity index (χ0v) is 12.1. The van der Waals surface area contributed by atoms with E-state index in [4.69, 9.17) is 0 Å². The van der Waals surface area contributed by atoms with Crippen molar-refractivity contribution in [3.05, 3.63) is 73.3 Å². The van der Waals surface area contributed by atoms with Crippen molar-refractivity contribution in [1.82, 2.24) is 0 Å². The van der Waals surface area contributed by atoms with Crippen molar-refractivity contribution in [3.63, 3.8) is 0 Å². The fourth-order valence-corrected chi connectivity index (χ4v) is 1.99. The monoisotopic (exact) mass is 337 g/mol. The van der Waals surface area contributed by atoms with Gasteiger partial charge >= 0.3 is 0 Å². The van der Waals surface area contributed by atoms with Gasteiger partial charge in [-0.3, -0.25) is 25.0 Å². The first-order valence-corrected chi connectivity index (χ1v) is 6.41. The Labute approximate surface area is 133 Å². The number of rotatable bonds is 4. The highest BCUT2D eigenvalue weighted by Crippen LogP contribution is 2.27. The minimum Gasteiger partial charge on any atom is -0.321 e. The number of nitrogens with zero attached hydrogens (tertiary/aromatic N) is 2. The SMILES string of the molecule is Cc1c(NC(=O)c2cc([N+](=O)[O-])cc(F)c2F)cccc1[N+](=O)[O-]. The average Bonchev–Trinajstić information content (AvgIpc) is 2.51. The topological polar surface area (TPSA) is 115 Å². The molecule has 0 atom stereocenters.